The van der Waals surface area contributed by atoms with Crippen molar-refractivity contribution in [1.29, 1.82) is 0 Å². The third kappa shape index (κ3) is 3.11. The number of hydrogen-bond donors (Lipinski definition) is 0. The number of nitrogens with zero attached hydrogens (tertiary/aromatic N) is 2. The van der Waals surface area contributed by atoms with Crippen LogP contribution < -0.4 is 4.90 Å². The van der Waals surface area contributed by atoms with Gasteiger partial charge in [0.1, 0.15) is 5.17 Å². The van der Waals surface area contributed by atoms with Crippen LogP contribution in [-0.2, 0) is 6.42 Å². The van der Waals surface area contributed by atoms with Gasteiger partial charge in [-0.3, -0.25) is 4.99 Å². The number of rotatable bonds is 2. The van der Waals surface area contributed by atoms with Crippen LogP contribution in [0.25, 0.3) is 10.8 Å². The van der Waals surface area contributed by atoms with E-state index < -0.39 is 0 Å². The van der Waals surface area contributed by atoms with E-state index in [-0.39, 0.29) is 6.04 Å². The molecule has 0 radical (unpaired) electrons. The maximum absolute atomic E-state index is 6.53. The van der Waals surface area contributed by atoms with Gasteiger partial charge in [-0.05, 0) is 34.5 Å². The van der Waals surface area contributed by atoms with E-state index in [1.165, 1.54) is 16.3 Å². The maximum Gasteiger partial charge on any atom is 0.133 e. The normalized spacial score (nSPS) is 17.0. The minimum Gasteiger partial charge on any atom is -0.346 e. The molecule has 1 aliphatic heterocycles. The zero-order chi connectivity index (χ0) is 18.3. The molecule has 0 saturated carbocycles. The molecule has 2 nitrogen and oxygen atoms in total. The molecule has 4 rings (SSSR count). The van der Waals surface area contributed by atoms with Crippen LogP contribution in [0.5, 0.6) is 0 Å². The Hall–Kier alpha value is -2.29. The highest BCUT2D eigenvalue weighted by Gasteiger charge is 2.25. The molecule has 4 heteroatoms. The van der Waals surface area contributed by atoms with Crippen LogP contribution in [0.15, 0.2) is 77.9 Å². The quantitative estimate of drug-likeness (QED) is 0.527. The Bertz CT molecular complexity index is 1040. The second-order valence-corrected chi connectivity index (χ2v) is 7.33. The van der Waals surface area contributed by atoms with E-state index in [0.717, 1.165) is 23.4 Å². The van der Waals surface area contributed by atoms with Crippen LogP contribution in [0.4, 0.5) is 5.69 Å². The lowest BCUT2D eigenvalue weighted by Crippen LogP contribution is -2.25. The molecule has 0 spiro atoms. The van der Waals surface area contributed by atoms with Crippen molar-refractivity contribution in [3.63, 3.8) is 0 Å². The van der Waals surface area contributed by atoms with Crippen molar-refractivity contribution in [3.05, 3.63) is 89.1 Å². The van der Waals surface area contributed by atoms with E-state index in [0.29, 0.717) is 10.2 Å². The van der Waals surface area contributed by atoms with Gasteiger partial charge in [0, 0.05) is 29.8 Å². The molecule has 1 heterocycles. The molecule has 0 bridgehead atoms. The number of likely N-dealkylation sites (N-methyl/N-ethyl adjacent to an activating group) is 1. The molecule has 1 aliphatic rings. The van der Waals surface area contributed by atoms with E-state index in [4.69, 9.17) is 28.2 Å². The van der Waals surface area contributed by atoms with Gasteiger partial charge in [0.25, 0.3) is 0 Å². The van der Waals surface area contributed by atoms with E-state index in [1.807, 2.05) is 25.2 Å². The van der Waals surface area contributed by atoms with Gasteiger partial charge in [-0.15, -0.1) is 0 Å². The molecular formula is C22H18Cl2N2. The molecule has 0 amide bonds. The SMILES string of the molecule is C=C1C(Cc2ccc3ccccc3c2)N=C(Cl)c2cc(Cl)ccc2N1C. The summed E-state index contributed by atoms with van der Waals surface area (Å²) < 4.78 is 0. The molecule has 0 aromatic heterocycles. The summed E-state index contributed by atoms with van der Waals surface area (Å²) in [4.78, 5) is 6.80. The molecule has 26 heavy (non-hydrogen) atoms. The molecule has 1 atom stereocenters. The predicted molar refractivity (Wildman–Crippen MR) is 113 cm³/mol. The first kappa shape index (κ1) is 17.1. The highest BCUT2D eigenvalue weighted by molar-refractivity contribution is 6.70. The number of anilines is 1. The van der Waals surface area contributed by atoms with Crippen LogP contribution in [0.1, 0.15) is 11.1 Å². The van der Waals surface area contributed by atoms with Crippen molar-refractivity contribution in [3.8, 4) is 0 Å². The summed E-state index contributed by atoms with van der Waals surface area (Å²) in [5.41, 5.74) is 3.93. The van der Waals surface area contributed by atoms with Crippen molar-refractivity contribution >= 4 is 44.8 Å². The lowest BCUT2D eigenvalue weighted by Gasteiger charge is -2.25. The largest absolute Gasteiger partial charge is 0.346 e. The molecule has 0 N–H and O–H groups in total. The van der Waals surface area contributed by atoms with Gasteiger partial charge in [-0.2, -0.15) is 0 Å². The van der Waals surface area contributed by atoms with Gasteiger partial charge in [0.05, 0.1) is 11.7 Å². The molecule has 0 saturated heterocycles. The summed E-state index contributed by atoms with van der Waals surface area (Å²) in [5, 5.41) is 3.57. The summed E-state index contributed by atoms with van der Waals surface area (Å²) in [6.07, 6.45) is 0.742. The summed E-state index contributed by atoms with van der Waals surface area (Å²) in [7, 11) is 1.99. The highest BCUT2D eigenvalue weighted by Crippen LogP contribution is 2.33. The summed E-state index contributed by atoms with van der Waals surface area (Å²) in [6.45, 7) is 4.28. The first-order chi connectivity index (χ1) is 12.5. The molecule has 3 aromatic rings. The fourth-order valence-electron chi connectivity index (χ4n) is 3.38. The van der Waals surface area contributed by atoms with Crippen molar-refractivity contribution in [2.75, 3.05) is 11.9 Å². The molecule has 1 unspecified atom stereocenters. The van der Waals surface area contributed by atoms with Crippen LogP contribution in [0.3, 0.4) is 0 Å². The number of aliphatic imine (C=N–C) groups is 1. The Morgan fingerprint density at radius 2 is 1.77 bits per heavy atom. The number of benzene rings is 3. The maximum atomic E-state index is 6.53. The Kier molecular flexibility index (Phi) is 4.47. The molecule has 3 aromatic carbocycles. The van der Waals surface area contributed by atoms with Crippen LogP contribution in [0.2, 0.25) is 5.02 Å². The van der Waals surface area contributed by atoms with Gasteiger partial charge >= 0.3 is 0 Å². The van der Waals surface area contributed by atoms with Gasteiger partial charge in [0.2, 0.25) is 0 Å². The lowest BCUT2D eigenvalue weighted by molar-refractivity contribution is 0.749. The second kappa shape index (κ2) is 6.79. The number of benzodiazepines with no additional fused rings is 1. The van der Waals surface area contributed by atoms with E-state index in [1.54, 1.807) is 0 Å². The van der Waals surface area contributed by atoms with E-state index in [9.17, 15) is 0 Å². The Morgan fingerprint density at radius 1 is 1.00 bits per heavy atom. The van der Waals surface area contributed by atoms with Gasteiger partial charge in [0.15, 0.2) is 0 Å². The van der Waals surface area contributed by atoms with E-state index in [2.05, 4.69) is 53.9 Å². The third-order valence-electron chi connectivity index (χ3n) is 4.87. The number of halogens is 2. The first-order valence-corrected chi connectivity index (χ1v) is 9.22. The summed E-state index contributed by atoms with van der Waals surface area (Å²) in [6, 6.07) is 20.4. The molecule has 0 fully saturated rings. The molecule has 130 valence electrons. The zero-order valence-corrected chi connectivity index (χ0v) is 15.9. The standard InChI is InChI=1S/C22H18Cl2N2/c1-14-20(12-15-7-8-16-5-3-4-6-17(16)11-15)25-22(24)19-13-18(23)9-10-21(19)26(14)2/h3-11,13,20H,1,12H2,2H3. The van der Waals surface area contributed by atoms with Gasteiger partial charge < -0.3 is 4.90 Å². The van der Waals surface area contributed by atoms with Gasteiger partial charge in [-0.1, -0.05) is 72.2 Å². The lowest BCUT2D eigenvalue weighted by atomic mass is 10.0. The van der Waals surface area contributed by atoms with Crippen LogP contribution in [0, 0.1) is 0 Å². The minimum atomic E-state index is -0.125. The summed E-state index contributed by atoms with van der Waals surface area (Å²) in [5.74, 6) is 0. The van der Waals surface area contributed by atoms with E-state index >= 15 is 0 Å². The van der Waals surface area contributed by atoms with Gasteiger partial charge in [-0.25, -0.2) is 0 Å². The van der Waals surface area contributed by atoms with Crippen LogP contribution >= 0.6 is 23.2 Å². The average molecular weight is 381 g/mol. The fraction of sp³-hybridized carbons (Fsp3) is 0.136. The van der Waals surface area contributed by atoms with Crippen molar-refractivity contribution < 1.29 is 0 Å². The Morgan fingerprint density at radius 3 is 2.58 bits per heavy atom. The van der Waals surface area contributed by atoms with Crippen LogP contribution in [-0.4, -0.2) is 18.3 Å². The average Bonchev–Trinajstić information content (AvgIpc) is 2.73. The van der Waals surface area contributed by atoms with Crippen molar-refractivity contribution in [2.24, 2.45) is 4.99 Å². The van der Waals surface area contributed by atoms with Crippen molar-refractivity contribution in [2.45, 2.75) is 12.5 Å². The number of hydrogen-bond acceptors (Lipinski definition) is 2. The first-order valence-electron chi connectivity index (χ1n) is 8.46. The molecule has 0 aliphatic carbocycles. The Balaban J connectivity index is 1.71. The fourth-order valence-corrected chi connectivity index (χ4v) is 3.82. The highest BCUT2D eigenvalue weighted by atomic mass is 35.5. The van der Waals surface area contributed by atoms with Crippen molar-refractivity contribution in [1.82, 2.24) is 0 Å². The minimum absolute atomic E-state index is 0.125. The number of fused-ring (bicyclic) bond motifs is 2. The smallest absolute Gasteiger partial charge is 0.133 e. The predicted octanol–water partition coefficient (Wildman–Crippen LogP) is 6.05. The Labute approximate surface area is 163 Å². The topological polar surface area (TPSA) is 15.6 Å². The monoisotopic (exact) mass is 380 g/mol. The zero-order valence-electron chi connectivity index (χ0n) is 14.4. The summed E-state index contributed by atoms with van der Waals surface area (Å²) >= 11 is 12.7. The third-order valence-corrected chi connectivity index (χ3v) is 5.41. The molecular weight excluding hydrogens is 363 g/mol. The second-order valence-electron chi connectivity index (χ2n) is 6.53.